The van der Waals surface area contributed by atoms with E-state index in [1.807, 2.05) is 69.3 Å². The van der Waals surface area contributed by atoms with Gasteiger partial charge in [0.1, 0.15) is 17.6 Å². The van der Waals surface area contributed by atoms with Crippen LogP contribution in [0.15, 0.2) is 52.9 Å². The standard InChI is InChI=1S/C31H41N5O4/c1-19(2)17-27(37)35(6)18-24(33-29(38)21(4)32-5)31(39)36-20(3)15-16-25(36)30-34-28-23(13-10-14-26(28)40-30)22-11-8-7-9-12-22/h7-14,19-21,24-25,32H,15-18H2,1-6H3,(H,33,38)/t20?,21-,24-,25-/m0/s1. The second-order valence-corrected chi connectivity index (χ2v) is 11.2. The molecule has 1 fully saturated rings. The van der Waals surface area contributed by atoms with Crippen molar-refractivity contribution >= 4 is 28.8 Å². The van der Waals surface area contributed by atoms with Crippen LogP contribution in [-0.4, -0.2) is 71.3 Å². The van der Waals surface area contributed by atoms with Crippen molar-refractivity contribution in [2.24, 2.45) is 5.92 Å². The van der Waals surface area contributed by atoms with Crippen molar-refractivity contribution in [1.82, 2.24) is 25.4 Å². The number of hydrogen-bond donors (Lipinski definition) is 2. The Bertz CT molecular complexity index is 1340. The summed E-state index contributed by atoms with van der Waals surface area (Å²) in [5, 5.41) is 5.81. The van der Waals surface area contributed by atoms with Gasteiger partial charge in [-0.3, -0.25) is 14.4 Å². The maximum Gasteiger partial charge on any atom is 0.247 e. The predicted molar refractivity (Wildman–Crippen MR) is 155 cm³/mol. The van der Waals surface area contributed by atoms with E-state index in [4.69, 9.17) is 9.40 Å². The minimum Gasteiger partial charge on any atom is -0.438 e. The molecular formula is C31H41N5O4. The number of benzene rings is 2. The number of aromatic nitrogens is 1. The minimum absolute atomic E-state index is 0.0675. The summed E-state index contributed by atoms with van der Waals surface area (Å²) in [6.45, 7) is 7.76. The molecule has 9 heteroatoms. The maximum atomic E-state index is 14.2. The van der Waals surface area contributed by atoms with E-state index >= 15 is 0 Å². The van der Waals surface area contributed by atoms with Crippen molar-refractivity contribution in [3.05, 3.63) is 54.4 Å². The van der Waals surface area contributed by atoms with Crippen LogP contribution in [0.3, 0.4) is 0 Å². The Hall–Kier alpha value is -3.72. The van der Waals surface area contributed by atoms with Gasteiger partial charge in [0.25, 0.3) is 0 Å². The van der Waals surface area contributed by atoms with E-state index in [9.17, 15) is 14.4 Å². The van der Waals surface area contributed by atoms with Crippen molar-refractivity contribution in [1.29, 1.82) is 0 Å². The highest BCUT2D eigenvalue weighted by atomic mass is 16.4. The third kappa shape index (κ3) is 6.36. The molecule has 4 rings (SSSR count). The molecule has 0 saturated carbocycles. The zero-order chi connectivity index (χ0) is 29.0. The van der Waals surface area contributed by atoms with Gasteiger partial charge >= 0.3 is 0 Å². The van der Waals surface area contributed by atoms with E-state index in [1.165, 1.54) is 4.90 Å². The summed E-state index contributed by atoms with van der Waals surface area (Å²) in [5.74, 6) is 0.0479. The number of oxazole rings is 1. The fraction of sp³-hybridized carbons (Fsp3) is 0.484. The Morgan fingerprint density at radius 2 is 1.80 bits per heavy atom. The number of likely N-dealkylation sites (tertiary alicyclic amines) is 1. The van der Waals surface area contributed by atoms with Gasteiger partial charge in [-0.25, -0.2) is 4.98 Å². The third-order valence-corrected chi connectivity index (χ3v) is 7.63. The Morgan fingerprint density at radius 3 is 2.48 bits per heavy atom. The van der Waals surface area contributed by atoms with Gasteiger partial charge in [-0.15, -0.1) is 0 Å². The molecule has 0 radical (unpaired) electrons. The molecule has 9 nitrogen and oxygen atoms in total. The molecular weight excluding hydrogens is 506 g/mol. The number of likely N-dealkylation sites (N-methyl/N-ethyl adjacent to an activating group) is 2. The molecule has 0 aliphatic carbocycles. The first-order valence-corrected chi connectivity index (χ1v) is 14.1. The lowest BCUT2D eigenvalue weighted by Crippen LogP contribution is -2.57. The van der Waals surface area contributed by atoms with Gasteiger partial charge in [0.05, 0.1) is 6.04 Å². The largest absolute Gasteiger partial charge is 0.438 e. The fourth-order valence-electron chi connectivity index (χ4n) is 5.23. The van der Waals surface area contributed by atoms with Crippen molar-refractivity contribution in [2.75, 3.05) is 20.6 Å². The second-order valence-electron chi connectivity index (χ2n) is 11.2. The highest BCUT2D eigenvalue weighted by Gasteiger charge is 2.42. The number of carbonyl (C=O) groups excluding carboxylic acids is 3. The van der Waals surface area contributed by atoms with Crippen molar-refractivity contribution in [3.8, 4) is 11.1 Å². The SMILES string of the molecule is CN[C@@H](C)C(=O)N[C@@H](CN(C)C(=O)CC(C)C)C(=O)N1C(C)CC[C@H]1c1nc2c(-c3ccccc3)cccc2o1. The minimum atomic E-state index is -0.906. The molecule has 1 aromatic heterocycles. The number of rotatable bonds is 10. The van der Waals surface area contributed by atoms with Crippen LogP contribution in [0.25, 0.3) is 22.2 Å². The molecule has 2 heterocycles. The van der Waals surface area contributed by atoms with Crippen LogP contribution >= 0.6 is 0 Å². The smallest absolute Gasteiger partial charge is 0.247 e. The molecule has 40 heavy (non-hydrogen) atoms. The van der Waals surface area contributed by atoms with Crippen LogP contribution in [0.2, 0.25) is 0 Å². The summed E-state index contributed by atoms with van der Waals surface area (Å²) >= 11 is 0. The van der Waals surface area contributed by atoms with E-state index in [1.54, 1.807) is 25.9 Å². The first-order chi connectivity index (χ1) is 19.1. The number of carbonyl (C=O) groups is 3. The van der Waals surface area contributed by atoms with E-state index in [2.05, 4.69) is 10.6 Å². The molecule has 1 aliphatic heterocycles. The number of hydrogen-bond acceptors (Lipinski definition) is 6. The number of nitrogens with one attached hydrogen (secondary N) is 2. The quantitative estimate of drug-likeness (QED) is 0.395. The number of para-hydroxylation sites is 1. The van der Waals surface area contributed by atoms with Gasteiger partial charge in [-0.1, -0.05) is 56.3 Å². The highest BCUT2D eigenvalue weighted by Crippen LogP contribution is 2.39. The van der Waals surface area contributed by atoms with Gasteiger partial charge in [0, 0.05) is 31.6 Å². The van der Waals surface area contributed by atoms with E-state index in [-0.39, 0.29) is 42.3 Å². The summed E-state index contributed by atoms with van der Waals surface area (Å²) in [6.07, 6.45) is 1.83. The second kappa shape index (κ2) is 12.6. The van der Waals surface area contributed by atoms with Gasteiger partial charge < -0.3 is 24.9 Å². The number of nitrogens with zero attached hydrogens (tertiary/aromatic N) is 3. The van der Waals surface area contributed by atoms with Crippen LogP contribution in [0.5, 0.6) is 0 Å². The van der Waals surface area contributed by atoms with E-state index in [0.717, 1.165) is 23.1 Å². The Balaban J connectivity index is 1.65. The van der Waals surface area contributed by atoms with Gasteiger partial charge in [-0.2, -0.15) is 0 Å². The normalized spacial score (nSPS) is 18.6. The summed E-state index contributed by atoms with van der Waals surface area (Å²) in [5.41, 5.74) is 3.42. The van der Waals surface area contributed by atoms with Gasteiger partial charge in [0.15, 0.2) is 5.58 Å². The molecule has 1 aliphatic rings. The highest BCUT2D eigenvalue weighted by molar-refractivity contribution is 5.92. The third-order valence-electron chi connectivity index (χ3n) is 7.63. The molecule has 214 valence electrons. The maximum absolute atomic E-state index is 14.2. The Kier molecular flexibility index (Phi) is 9.25. The summed E-state index contributed by atoms with van der Waals surface area (Å²) in [4.78, 5) is 48.0. The van der Waals surface area contributed by atoms with Gasteiger partial charge in [0.2, 0.25) is 23.6 Å². The first kappa shape index (κ1) is 29.3. The molecule has 4 atom stereocenters. The molecule has 1 saturated heterocycles. The topological polar surface area (TPSA) is 108 Å². The van der Waals surface area contributed by atoms with E-state index < -0.39 is 12.1 Å². The van der Waals surface area contributed by atoms with E-state index in [0.29, 0.717) is 24.3 Å². The summed E-state index contributed by atoms with van der Waals surface area (Å²) < 4.78 is 6.26. The van der Waals surface area contributed by atoms with Crippen LogP contribution in [-0.2, 0) is 14.4 Å². The average molecular weight is 548 g/mol. The van der Waals surface area contributed by atoms with Crippen LogP contribution in [0, 0.1) is 5.92 Å². The lowest BCUT2D eigenvalue weighted by atomic mass is 10.0. The Labute approximate surface area is 236 Å². The van der Waals surface area contributed by atoms with Gasteiger partial charge in [-0.05, 0) is 51.3 Å². The number of fused-ring (bicyclic) bond motifs is 1. The van der Waals surface area contributed by atoms with Crippen molar-refractivity contribution in [3.63, 3.8) is 0 Å². The monoisotopic (exact) mass is 547 g/mol. The lowest BCUT2D eigenvalue weighted by molar-refractivity contribution is -0.141. The summed E-state index contributed by atoms with van der Waals surface area (Å²) in [7, 11) is 3.37. The molecule has 2 N–H and O–H groups in total. The van der Waals surface area contributed by atoms with Crippen LogP contribution in [0.1, 0.15) is 58.9 Å². The Morgan fingerprint density at radius 1 is 1.07 bits per heavy atom. The average Bonchev–Trinajstić information content (AvgIpc) is 3.54. The molecule has 2 aromatic carbocycles. The van der Waals surface area contributed by atoms with Crippen molar-refractivity contribution in [2.45, 2.75) is 71.1 Å². The van der Waals surface area contributed by atoms with Crippen LogP contribution < -0.4 is 10.6 Å². The summed E-state index contributed by atoms with van der Waals surface area (Å²) in [6, 6.07) is 14.0. The zero-order valence-corrected chi connectivity index (χ0v) is 24.3. The predicted octanol–water partition coefficient (Wildman–Crippen LogP) is 4.14. The molecule has 0 spiro atoms. The van der Waals surface area contributed by atoms with Crippen molar-refractivity contribution < 1.29 is 18.8 Å². The van der Waals surface area contributed by atoms with Crippen LogP contribution in [0.4, 0.5) is 0 Å². The molecule has 1 unspecified atom stereocenters. The zero-order valence-electron chi connectivity index (χ0n) is 24.3. The lowest BCUT2D eigenvalue weighted by Gasteiger charge is -2.33. The molecule has 3 amide bonds. The molecule has 3 aromatic rings. The fourth-order valence-corrected chi connectivity index (χ4v) is 5.23. The first-order valence-electron chi connectivity index (χ1n) is 14.1. The number of amides is 3. The molecule has 0 bridgehead atoms.